The number of esters is 1. The molecule has 0 radical (unpaired) electrons. The van der Waals surface area contributed by atoms with Crippen LogP contribution < -0.4 is 5.32 Å². The van der Waals surface area contributed by atoms with Crippen LogP contribution in [0.4, 0.5) is 5.82 Å². The van der Waals surface area contributed by atoms with Crippen LogP contribution in [0.1, 0.15) is 11.3 Å². The number of rotatable bonds is 5. The molecule has 0 aliphatic rings. The molecule has 0 saturated heterocycles. The summed E-state index contributed by atoms with van der Waals surface area (Å²) in [5, 5.41) is 3.59. The number of pyridine rings is 1. The minimum atomic E-state index is -0.665. The third-order valence-corrected chi connectivity index (χ3v) is 3.87. The molecule has 0 bridgehead atoms. The topological polar surface area (TPSA) is 68.3 Å². The van der Waals surface area contributed by atoms with Gasteiger partial charge in [0.05, 0.1) is 15.7 Å². The Kier molecular flexibility index (Phi) is 6.82. The fraction of sp³-hybridized carbons (Fsp3) is 0.118. The minimum absolute atomic E-state index is 0.152. The van der Waals surface area contributed by atoms with Crippen LogP contribution in [0.15, 0.2) is 36.4 Å². The van der Waals surface area contributed by atoms with Gasteiger partial charge in [0.1, 0.15) is 0 Å². The first kappa shape index (κ1) is 19.2. The second-order valence-electron chi connectivity index (χ2n) is 4.93. The van der Waals surface area contributed by atoms with Crippen LogP contribution in [0.2, 0.25) is 15.1 Å². The lowest BCUT2D eigenvalue weighted by Gasteiger charge is -2.08. The van der Waals surface area contributed by atoms with Gasteiger partial charge in [-0.05, 0) is 36.8 Å². The summed E-state index contributed by atoms with van der Waals surface area (Å²) in [5.74, 6) is -1.08. The van der Waals surface area contributed by atoms with Crippen molar-refractivity contribution in [2.45, 2.75) is 6.92 Å². The lowest BCUT2D eigenvalue weighted by Crippen LogP contribution is -2.21. The van der Waals surface area contributed by atoms with E-state index in [1.54, 1.807) is 31.2 Å². The second kappa shape index (κ2) is 8.85. The predicted octanol–water partition coefficient (Wildman–Crippen LogP) is 4.55. The van der Waals surface area contributed by atoms with Crippen LogP contribution in [0.25, 0.3) is 6.08 Å². The van der Waals surface area contributed by atoms with Crippen LogP contribution in [-0.2, 0) is 14.3 Å². The van der Waals surface area contributed by atoms with Gasteiger partial charge < -0.3 is 10.1 Å². The van der Waals surface area contributed by atoms with E-state index in [4.69, 9.17) is 39.5 Å². The molecule has 1 aromatic carbocycles. The first-order chi connectivity index (χ1) is 11.8. The molecular formula is C17H13Cl3N2O3. The number of aromatic nitrogens is 1. The van der Waals surface area contributed by atoms with E-state index in [0.29, 0.717) is 15.7 Å². The van der Waals surface area contributed by atoms with Gasteiger partial charge >= 0.3 is 5.97 Å². The summed E-state index contributed by atoms with van der Waals surface area (Å²) >= 11 is 17.7. The summed E-state index contributed by atoms with van der Waals surface area (Å²) in [6, 6.07) is 8.42. The summed E-state index contributed by atoms with van der Waals surface area (Å²) < 4.78 is 4.85. The molecule has 8 heteroatoms. The van der Waals surface area contributed by atoms with Crippen molar-refractivity contribution >= 4 is 58.6 Å². The van der Waals surface area contributed by atoms with E-state index in [1.807, 2.05) is 0 Å². The Bertz CT molecular complexity index is 838. The number of benzene rings is 1. The molecule has 1 heterocycles. The van der Waals surface area contributed by atoms with E-state index in [1.165, 1.54) is 18.2 Å². The SMILES string of the molecule is Cc1nc(NC(=O)COC(=O)/C=C/c2cccc(Cl)c2)c(Cl)cc1Cl. The average Bonchev–Trinajstić information content (AvgIpc) is 2.56. The molecule has 0 fully saturated rings. The van der Waals surface area contributed by atoms with E-state index < -0.39 is 18.5 Å². The Morgan fingerprint density at radius 2 is 1.96 bits per heavy atom. The van der Waals surface area contributed by atoms with Crippen LogP contribution in [0.3, 0.4) is 0 Å². The number of carbonyl (C=O) groups excluding carboxylic acids is 2. The van der Waals surface area contributed by atoms with E-state index in [-0.39, 0.29) is 10.8 Å². The van der Waals surface area contributed by atoms with Crippen molar-refractivity contribution in [3.05, 3.63) is 62.7 Å². The van der Waals surface area contributed by atoms with Crippen molar-refractivity contribution in [3.8, 4) is 0 Å². The molecule has 130 valence electrons. The molecule has 0 aliphatic heterocycles. The normalized spacial score (nSPS) is 10.7. The van der Waals surface area contributed by atoms with Crippen LogP contribution >= 0.6 is 34.8 Å². The number of amides is 1. The zero-order valence-corrected chi connectivity index (χ0v) is 15.3. The monoisotopic (exact) mass is 398 g/mol. The van der Waals surface area contributed by atoms with Gasteiger partial charge in [-0.25, -0.2) is 9.78 Å². The number of halogens is 3. The standard InChI is InChI=1S/C17H13Cl3N2O3/c1-10-13(19)8-14(20)17(21-10)22-15(23)9-25-16(24)6-5-11-3-2-4-12(18)7-11/h2-8H,9H2,1H3,(H,21,22,23)/b6-5+. The highest BCUT2D eigenvalue weighted by Crippen LogP contribution is 2.25. The number of hydrogen-bond acceptors (Lipinski definition) is 4. The average molecular weight is 400 g/mol. The summed E-state index contributed by atoms with van der Waals surface area (Å²) in [5.41, 5.74) is 1.25. The number of ether oxygens (including phenoxy) is 1. The molecule has 1 aromatic heterocycles. The number of hydrogen-bond donors (Lipinski definition) is 1. The number of anilines is 1. The maximum atomic E-state index is 11.8. The predicted molar refractivity (Wildman–Crippen MR) is 99.1 cm³/mol. The van der Waals surface area contributed by atoms with Crippen LogP contribution in [0.5, 0.6) is 0 Å². The quantitative estimate of drug-likeness (QED) is 0.592. The van der Waals surface area contributed by atoms with Gasteiger partial charge in [-0.15, -0.1) is 0 Å². The molecule has 0 atom stereocenters. The molecule has 25 heavy (non-hydrogen) atoms. The molecule has 0 saturated carbocycles. The molecule has 1 N–H and O–H groups in total. The van der Waals surface area contributed by atoms with E-state index in [0.717, 1.165) is 5.56 Å². The molecule has 0 unspecified atom stereocenters. The summed E-state index contributed by atoms with van der Waals surface area (Å²) in [4.78, 5) is 27.5. The zero-order chi connectivity index (χ0) is 18.4. The Balaban J connectivity index is 1.87. The Morgan fingerprint density at radius 3 is 2.68 bits per heavy atom. The molecule has 2 aromatic rings. The van der Waals surface area contributed by atoms with Crippen molar-refractivity contribution in [2.75, 3.05) is 11.9 Å². The summed E-state index contributed by atoms with van der Waals surface area (Å²) in [7, 11) is 0. The number of nitrogens with zero attached hydrogens (tertiary/aromatic N) is 1. The van der Waals surface area contributed by atoms with Gasteiger partial charge in [0.25, 0.3) is 5.91 Å². The van der Waals surface area contributed by atoms with Crippen molar-refractivity contribution in [2.24, 2.45) is 0 Å². The fourth-order valence-electron chi connectivity index (χ4n) is 1.77. The molecule has 0 spiro atoms. The highest BCUT2D eigenvalue weighted by atomic mass is 35.5. The summed E-state index contributed by atoms with van der Waals surface area (Å²) in [6.07, 6.45) is 2.74. The number of aryl methyl sites for hydroxylation is 1. The highest BCUT2D eigenvalue weighted by molar-refractivity contribution is 6.36. The molecule has 2 rings (SSSR count). The lowest BCUT2D eigenvalue weighted by molar-refractivity contribution is -0.142. The van der Waals surface area contributed by atoms with Gasteiger partial charge in [0.15, 0.2) is 12.4 Å². The first-order valence-corrected chi connectivity index (χ1v) is 8.21. The van der Waals surface area contributed by atoms with Crippen LogP contribution in [-0.4, -0.2) is 23.5 Å². The van der Waals surface area contributed by atoms with Crippen molar-refractivity contribution in [3.63, 3.8) is 0 Å². The smallest absolute Gasteiger partial charge is 0.331 e. The molecule has 0 aliphatic carbocycles. The largest absolute Gasteiger partial charge is 0.452 e. The maximum absolute atomic E-state index is 11.8. The van der Waals surface area contributed by atoms with Crippen molar-refractivity contribution in [1.29, 1.82) is 0 Å². The van der Waals surface area contributed by atoms with E-state index in [9.17, 15) is 9.59 Å². The van der Waals surface area contributed by atoms with Crippen molar-refractivity contribution in [1.82, 2.24) is 4.98 Å². The minimum Gasteiger partial charge on any atom is -0.452 e. The van der Waals surface area contributed by atoms with Gasteiger partial charge in [-0.1, -0.05) is 46.9 Å². The van der Waals surface area contributed by atoms with E-state index >= 15 is 0 Å². The maximum Gasteiger partial charge on any atom is 0.331 e. The van der Waals surface area contributed by atoms with Gasteiger partial charge in [-0.3, -0.25) is 4.79 Å². The highest BCUT2D eigenvalue weighted by Gasteiger charge is 2.11. The third-order valence-electron chi connectivity index (χ3n) is 2.97. The third kappa shape index (κ3) is 6.05. The van der Waals surface area contributed by atoms with E-state index in [2.05, 4.69) is 10.3 Å². The first-order valence-electron chi connectivity index (χ1n) is 7.08. The van der Waals surface area contributed by atoms with Crippen molar-refractivity contribution < 1.29 is 14.3 Å². The Hall–Kier alpha value is -2.08. The molecule has 5 nitrogen and oxygen atoms in total. The fourth-order valence-corrected chi connectivity index (χ4v) is 2.38. The molecular weight excluding hydrogens is 387 g/mol. The molecule has 1 amide bonds. The van der Waals surface area contributed by atoms with Gasteiger partial charge in [0, 0.05) is 11.1 Å². The van der Waals surface area contributed by atoms with Gasteiger partial charge in [-0.2, -0.15) is 0 Å². The Morgan fingerprint density at radius 1 is 1.20 bits per heavy atom. The number of carbonyl (C=O) groups is 2. The lowest BCUT2D eigenvalue weighted by atomic mass is 10.2. The Labute approximate surface area is 159 Å². The number of nitrogens with one attached hydrogen (secondary N) is 1. The zero-order valence-electron chi connectivity index (χ0n) is 13.1. The van der Waals surface area contributed by atoms with Gasteiger partial charge in [0.2, 0.25) is 0 Å². The van der Waals surface area contributed by atoms with Crippen LogP contribution in [0, 0.1) is 6.92 Å². The second-order valence-corrected chi connectivity index (χ2v) is 6.18. The summed E-state index contributed by atoms with van der Waals surface area (Å²) in [6.45, 7) is 1.20.